The van der Waals surface area contributed by atoms with E-state index in [9.17, 15) is 4.79 Å². The quantitative estimate of drug-likeness (QED) is 0.752. The van der Waals surface area contributed by atoms with Gasteiger partial charge in [-0.2, -0.15) is 0 Å². The molecule has 5 nitrogen and oxygen atoms in total. The maximum atomic E-state index is 11.2. The highest BCUT2D eigenvalue weighted by Gasteiger charge is 2.11. The third-order valence-corrected chi connectivity index (χ3v) is 2.14. The van der Waals surface area contributed by atoms with E-state index in [1.165, 1.54) is 7.11 Å². The van der Waals surface area contributed by atoms with Crippen molar-refractivity contribution >= 4 is 5.97 Å². The third kappa shape index (κ3) is 3.64. The van der Waals surface area contributed by atoms with E-state index in [-0.39, 0.29) is 6.61 Å². The summed E-state index contributed by atoms with van der Waals surface area (Å²) in [5.41, 5.74) is 6.37. The Labute approximate surface area is 100 Å². The van der Waals surface area contributed by atoms with Crippen LogP contribution in [0.2, 0.25) is 0 Å². The number of carbonyl (C=O) groups is 1. The molecule has 0 radical (unpaired) electrons. The Morgan fingerprint density at radius 1 is 1.41 bits per heavy atom. The molecule has 0 saturated carbocycles. The molecule has 5 heteroatoms. The summed E-state index contributed by atoms with van der Waals surface area (Å²) in [4.78, 5) is 11.2. The minimum atomic E-state index is -0.415. The van der Waals surface area contributed by atoms with E-state index in [4.69, 9.17) is 19.9 Å². The summed E-state index contributed by atoms with van der Waals surface area (Å²) < 4.78 is 15.3. The van der Waals surface area contributed by atoms with Crippen molar-refractivity contribution in [2.75, 3.05) is 20.3 Å². The maximum absolute atomic E-state index is 11.2. The summed E-state index contributed by atoms with van der Waals surface area (Å²) >= 11 is 0. The van der Waals surface area contributed by atoms with Crippen LogP contribution in [0.3, 0.4) is 0 Å². The molecule has 17 heavy (non-hydrogen) atoms. The molecule has 0 aliphatic heterocycles. The standard InChI is InChI=1S/C12H17NO4/c1-3-16-11(14)8-17-12-9(7-13)5-4-6-10(12)15-2/h4-6H,3,7-8,13H2,1-2H3. The van der Waals surface area contributed by atoms with Crippen LogP contribution in [0.4, 0.5) is 0 Å². The fourth-order valence-corrected chi connectivity index (χ4v) is 1.38. The van der Waals surface area contributed by atoms with Gasteiger partial charge in [0.15, 0.2) is 18.1 Å². The minimum Gasteiger partial charge on any atom is -0.493 e. The van der Waals surface area contributed by atoms with Gasteiger partial charge in [-0.15, -0.1) is 0 Å². The molecule has 94 valence electrons. The fourth-order valence-electron chi connectivity index (χ4n) is 1.38. The van der Waals surface area contributed by atoms with Crippen LogP contribution in [0.1, 0.15) is 12.5 Å². The van der Waals surface area contributed by atoms with Crippen molar-refractivity contribution in [1.29, 1.82) is 0 Å². The first-order valence-electron chi connectivity index (χ1n) is 5.37. The summed E-state index contributed by atoms with van der Waals surface area (Å²) in [5, 5.41) is 0. The number of carbonyl (C=O) groups excluding carboxylic acids is 1. The molecule has 0 aliphatic rings. The van der Waals surface area contributed by atoms with E-state index >= 15 is 0 Å². The summed E-state index contributed by atoms with van der Waals surface area (Å²) in [6, 6.07) is 5.39. The Kier molecular flexibility index (Phi) is 5.29. The number of benzene rings is 1. The molecule has 1 rings (SSSR count). The molecule has 0 aliphatic carbocycles. The maximum Gasteiger partial charge on any atom is 0.344 e. The second-order valence-corrected chi connectivity index (χ2v) is 3.25. The minimum absolute atomic E-state index is 0.152. The van der Waals surface area contributed by atoms with E-state index in [1.807, 2.05) is 12.1 Å². The van der Waals surface area contributed by atoms with Crippen LogP contribution >= 0.6 is 0 Å². The second kappa shape index (κ2) is 6.75. The van der Waals surface area contributed by atoms with Gasteiger partial charge in [0.25, 0.3) is 0 Å². The number of para-hydroxylation sites is 1. The first-order valence-corrected chi connectivity index (χ1v) is 5.37. The molecule has 1 aromatic carbocycles. The second-order valence-electron chi connectivity index (χ2n) is 3.25. The van der Waals surface area contributed by atoms with Gasteiger partial charge in [0.1, 0.15) is 0 Å². The third-order valence-electron chi connectivity index (χ3n) is 2.14. The zero-order chi connectivity index (χ0) is 12.7. The lowest BCUT2D eigenvalue weighted by atomic mass is 10.2. The molecule has 0 aromatic heterocycles. The van der Waals surface area contributed by atoms with Crippen LogP contribution in [-0.4, -0.2) is 26.3 Å². The van der Waals surface area contributed by atoms with E-state index in [0.717, 1.165) is 5.56 Å². The zero-order valence-corrected chi connectivity index (χ0v) is 10.1. The molecule has 0 atom stereocenters. The van der Waals surface area contributed by atoms with Gasteiger partial charge >= 0.3 is 5.97 Å². The monoisotopic (exact) mass is 239 g/mol. The van der Waals surface area contributed by atoms with Crippen LogP contribution in [-0.2, 0) is 16.1 Å². The first kappa shape index (κ1) is 13.3. The van der Waals surface area contributed by atoms with Crippen molar-refractivity contribution in [1.82, 2.24) is 0 Å². The average molecular weight is 239 g/mol. The van der Waals surface area contributed by atoms with Crippen molar-refractivity contribution in [2.24, 2.45) is 5.73 Å². The molecule has 1 aromatic rings. The first-order chi connectivity index (χ1) is 8.22. The van der Waals surface area contributed by atoms with Gasteiger partial charge in [0.05, 0.1) is 13.7 Å². The molecule has 0 bridgehead atoms. The fraction of sp³-hybridized carbons (Fsp3) is 0.417. The number of esters is 1. The average Bonchev–Trinajstić information content (AvgIpc) is 2.36. The molecular formula is C12H17NO4. The lowest BCUT2D eigenvalue weighted by Gasteiger charge is -2.13. The van der Waals surface area contributed by atoms with E-state index < -0.39 is 5.97 Å². The van der Waals surface area contributed by atoms with Crippen LogP contribution in [0.25, 0.3) is 0 Å². The van der Waals surface area contributed by atoms with Crippen LogP contribution < -0.4 is 15.2 Å². The highest BCUT2D eigenvalue weighted by molar-refractivity contribution is 5.71. The topological polar surface area (TPSA) is 70.8 Å². The SMILES string of the molecule is CCOC(=O)COc1c(CN)cccc1OC. The number of ether oxygens (including phenoxy) is 3. The predicted octanol–water partition coefficient (Wildman–Crippen LogP) is 1.10. The summed E-state index contributed by atoms with van der Waals surface area (Å²) in [5.74, 6) is 0.629. The number of hydrogen-bond donors (Lipinski definition) is 1. The number of hydrogen-bond acceptors (Lipinski definition) is 5. The molecule has 0 spiro atoms. The predicted molar refractivity (Wildman–Crippen MR) is 63.0 cm³/mol. The van der Waals surface area contributed by atoms with Crippen molar-refractivity contribution in [2.45, 2.75) is 13.5 Å². The number of nitrogens with two attached hydrogens (primary N) is 1. The van der Waals surface area contributed by atoms with Gasteiger partial charge < -0.3 is 19.9 Å². The van der Waals surface area contributed by atoms with E-state index in [2.05, 4.69) is 0 Å². The van der Waals surface area contributed by atoms with E-state index in [1.54, 1.807) is 13.0 Å². The highest BCUT2D eigenvalue weighted by atomic mass is 16.6. The molecule has 0 heterocycles. The lowest BCUT2D eigenvalue weighted by molar-refractivity contribution is -0.145. The van der Waals surface area contributed by atoms with Gasteiger partial charge in [-0.3, -0.25) is 0 Å². The van der Waals surface area contributed by atoms with Gasteiger partial charge in [-0.1, -0.05) is 12.1 Å². The summed E-state index contributed by atoms with van der Waals surface area (Å²) in [6.07, 6.45) is 0. The molecule has 0 amide bonds. The molecule has 0 fully saturated rings. The van der Waals surface area contributed by atoms with Gasteiger partial charge in [0.2, 0.25) is 0 Å². The van der Waals surface area contributed by atoms with Crippen LogP contribution in [0, 0.1) is 0 Å². The van der Waals surface area contributed by atoms with Crippen LogP contribution in [0.5, 0.6) is 11.5 Å². The van der Waals surface area contributed by atoms with Gasteiger partial charge in [0, 0.05) is 12.1 Å². The molecule has 2 N–H and O–H groups in total. The van der Waals surface area contributed by atoms with Crippen molar-refractivity contribution in [3.8, 4) is 11.5 Å². The van der Waals surface area contributed by atoms with E-state index in [0.29, 0.717) is 24.7 Å². The largest absolute Gasteiger partial charge is 0.493 e. The number of methoxy groups -OCH3 is 1. The molecule has 0 saturated heterocycles. The Balaban J connectivity index is 2.77. The Bertz CT molecular complexity index is 357. The Morgan fingerprint density at radius 2 is 2.18 bits per heavy atom. The zero-order valence-electron chi connectivity index (χ0n) is 10.1. The van der Waals surface area contributed by atoms with Crippen molar-refractivity contribution < 1.29 is 19.0 Å². The smallest absolute Gasteiger partial charge is 0.344 e. The lowest BCUT2D eigenvalue weighted by Crippen LogP contribution is -2.16. The summed E-state index contributed by atoms with van der Waals surface area (Å²) in [6.45, 7) is 2.24. The van der Waals surface area contributed by atoms with Crippen LogP contribution in [0.15, 0.2) is 18.2 Å². The van der Waals surface area contributed by atoms with Crippen molar-refractivity contribution in [3.05, 3.63) is 23.8 Å². The highest BCUT2D eigenvalue weighted by Crippen LogP contribution is 2.30. The normalized spacial score (nSPS) is 9.82. The van der Waals surface area contributed by atoms with Gasteiger partial charge in [-0.05, 0) is 13.0 Å². The Morgan fingerprint density at radius 3 is 2.76 bits per heavy atom. The number of rotatable bonds is 6. The Hall–Kier alpha value is -1.75. The summed E-state index contributed by atoms with van der Waals surface area (Å²) in [7, 11) is 1.53. The van der Waals surface area contributed by atoms with Gasteiger partial charge in [-0.25, -0.2) is 4.79 Å². The molecule has 0 unspecified atom stereocenters. The van der Waals surface area contributed by atoms with Crippen molar-refractivity contribution in [3.63, 3.8) is 0 Å². The molecular weight excluding hydrogens is 222 g/mol.